The van der Waals surface area contributed by atoms with Crippen molar-refractivity contribution in [3.05, 3.63) is 53.1 Å². The number of fused-ring (bicyclic) bond motifs is 1. The number of ether oxygens (including phenoxy) is 2. The normalized spacial score (nSPS) is 13.7. The summed E-state index contributed by atoms with van der Waals surface area (Å²) in [5, 5.41) is 9.33. The summed E-state index contributed by atoms with van der Waals surface area (Å²) in [6.07, 6.45) is -4.45. The zero-order valence-electron chi connectivity index (χ0n) is 13.8. The number of methoxy groups -OCH3 is 1. The predicted molar refractivity (Wildman–Crippen MR) is 86.2 cm³/mol. The molecule has 0 atom stereocenters. The van der Waals surface area contributed by atoms with Gasteiger partial charge in [0.15, 0.2) is 6.61 Å². The minimum atomic E-state index is -4.45. The van der Waals surface area contributed by atoms with Crippen molar-refractivity contribution in [2.24, 2.45) is 0 Å². The molecule has 0 fully saturated rings. The zero-order valence-corrected chi connectivity index (χ0v) is 13.8. The molecule has 1 N–H and O–H groups in total. The van der Waals surface area contributed by atoms with Gasteiger partial charge < -0.3 is 19.5 Å². The molecule has 5 nitrogen and oxygen atoms in total. The fourth-order valence-corrected chi connectivity index (χ4v) is 2.81. The Bertz CT molecular complexity index is 818. The average molecular weight is 367 g/mol. The average Bonchev–Trinajstić information content (AvgIpc) is 2.90. The van der Waals surface area contributed by atoms with E-state index >= 15 is 0 Å². The van der Waals surface area contributed by atoms with E-state index in [1.54, 1.807) is 17.0 Å². The molecule has 0 unspecified atom stereocenters. The van der Waals surface area contributed by atoms with Crippen LogP contribution in [-0.2, 0) is 13.1 Å². The lowest BCUT2D eigenvalue weighted by Crippen LogP contribution is -2.23. The van der Waals surface area contributed by atoms with Crippen molar-refractivity contribution in [1.82, 2.24) is 4.90 Å². The van der Waals surface area contributed by atoms with Gasteiger partial charge in [0, 0.05) is 19.2 Å². The van der Waals surface area contributed by atoms with Crippen molar-refractivity contribution in [3.8, 4) is 17.2 Å². The van der Waals surface area contributed by atoms with Crippen LogP contribution in [0, 0.1) is 0 Å². The van der Waals surface area contributed by atoms with Crippen LogP contribution in [0.25, 0.3) is 0 Å². The lowest BCUT2D eigenvalue weighted by Gasteiger charge is -2.15. The largest absolute Gasteiger partial charge is 0.508 e. The molecular weight excluding hydrogens is 351 g/mol. The van der Waals surface area contributed by atoms with Gasteiger partial charge in [-0.15, -0.1) is 0 Å². The molecule has 1 heterocycles. The Morgan fingerprint density at radius 3 is 2.50 bits per heavy atom. The number of benzene rings is 2. The van der Waals surface area contributed by atoms with Crippen molar-refractivity contribution in [3.63, 3.8) is 0 Å². The minimum Gasteiger partial charge on any atom is -0.508 e. The Morgan fingerprint density at radius 1 is 1.19 bits per heavy atom. The number of phenolic OH excluding ortho intramolecular Hbond substituents is 1. The third kappa shape index (κ3) is 3.84. The highest BCUT2D eigenvalue weighted by Gasteiger charge is 2.33. The zero-order chi connectivity index (χ0) is 18.9. The summed E-state index contributed by atoms with van der Waals surface area (Å²) in [5.74, 6) is 0.0281. The van der Waals surface area contributed by atoms with Crippen LogP contribution >= 0.6 is 0 Å². The number of hydrogen-bond donors (Lipinski definition) is 1. The predicted octanol–water partition coefficient (Wildman–Crippen LogP) is 3.50. The first-order chi connectivity index (χ1) is 12.3. The summed E-state index contributed by atoms with van der Waals surface area (Å²) in [5.41, 5.74) is 1.69. The molecule has 2 aromatic rings. The maximum absolute atomic E-state index is 12.7. The highest BCUT2D eigenvalue weighted by atomic mass is 19.4. The Hall–Kier alpha value is -2.90. The highest BCUT2D eigenvalue weighted by molar-refractivity contribution is 6.01. The quantitative estimate of drug-likeness (QED) is 0.879. The molecular formula is C18H16F3NO4. The first-order valence-corrected chi connectivity index (χ1v) is 7.74. The first kappa shape index (κ1) is 17.9. The van der Waals surface area contributed by atoms with Crippen molar-refractivity contribution in [1.29, 1.82) is 0 Å². The molecule has 138 valence electrons. The lowest BCUT2D eigenvalue weighted by molar-refractivity contribution is -0.153. The third-order valence-electron chi connectivity index (χ3n) is 3.95. The van der Waals surface area contributed by atoms with Gasteiger partial charge in [0.25, 0.3) is 5.91 Å². The summed E-state index contributed by atoms with van der Waals surface area (Å²) in [4.78, 5) is 14.2. The van der Waals surface area contributed by atoms with Gasteiger partial charge in [0.2, 0.25) is 0 Å². The van der Waals surface area contributed by atoms with Crippen molar-refractivity contribution < 1.29 is 32.5 Å². The van der Waals surface area contributed by atoms with Crippen LogP contribution in [0.4, 0.5) is 13.2 Å². The van der Waals surface area contributed by atoms with Gasteiger partial charge in [-0.3, -0.25) is 4.79 Å². The molecule has 1 amide bonds. The number of carbonyl (C=O) groups is 1. The number of nitrogens with zero attached hydrogens (tertiary/aromatic N) is 1. The molecule has 8 heteroatoms. The van der Waals surface area contributed by atoms with E-state index in [1.165, 1.54) is 31.4 Å². The number of phenols is 1. The molecule has 2 aromatic carbocycles. The van der Waals surface area contributed by atoms with Crippen LogP contribution in [0.15, 0.2) is 36.4 Å². The van der Waals surface area contributed by atoms with Gasteiger partial charge in [0.1, 0.15) is 17.2 Å². The van der Waals surface area contributed by atoms with Gasteiger partial charge in [-0.1, -0.05) is 12.1 Å². The monoisotopic (exact) mass is 367 g/mol. The molecule has 1 aliphatic heterocycles. The number of halogens is 3. The van der Waals surface area contributed by atoms with E-state index in [-0.39, 0.29) is 29.7 Å². The molecule has 3 rings (SSSR count). The number of alkyl halides is 3. The Kier molecular flexibility index (Phi) is 4.67. The van der Waals surface area contributed by atoms with E-state index in [0.717, 1.165) is 5.56 Å². The van der Waals surface area contributed by atoms with E-state index in [4.69, 9.17) is 9.47 Å². The standard InChI is InChI=1S/C18H16F3NO4/c1-25-15-7-14(26-10-18(19,20)21)6-12-9-22(17(24)16(12)15)8-11-2-4-13(23)5-3-11/h2-7,23H,8-10H2,1H3. The summed E-state index contributed by atoms with van der Waals surface area (Å²) in [6.45, 7) is -0.885. The van der Waals surface area contributed by atoms with Gasteiger partial charge in [-0.2, -0.15) is 13.2 Å². The molecule has 0 bridgehead atoms. The number of aromatic hydroxyl groups is 1. The van der Waals surface area contributed by atoms with Crippen LogP contribution in [0.2, 0.25) is 0 Å². The Labute approximate surface area is 147 Å². The molecule has 26 heavy (non-hydrogen) atoms. The minimum absolute atomic E-state index is 0.00258. The van der Waals surface area contributed by atoms with Gasteiger partial charge in [-0.25, -0.2) is 0 Å². The number of hydrogen-bond acceptors (Lipinski definition) is 4. The van der Waals surface area contributed by atoms with E-state index in [0.29, 0.717) is 17.7 Å². The molecule has 0 saturated heterocycles. The SMILES string of the molecule is COc1cc(OCC(F)(F)F)cc2c1C(=O)N(Cc1ccc(O)cc1)C2. The van der Waals surface area contributed by atoms with Crippen molar-refractivity contribution in [2.75, 3.05) is 13.7 Å². The van der Waals surface area contributed by atoms with Crippen LogP contribution in [0.5, 0.6) is 17.2 Å². The lowest BCUT2D eigenvalue weighted by atomic mass is 10.1. The van der Waals surface area contributed by atoms with Crippen LogP contribution in [-0.4, -0.2) is 35.8 Å². The maximum atomic E-state index is 12.7. The maximum Gasteiger partial charge on any atom is 0.422 e. The van der Waals surface area contributed by atoms with E-state index in [1.807, 2.05) is 0 Å². The van der Waals surface area contributed by atoms with E-state index in [2.05, 4.69) is 0 Å². The molecule has 1 aliphatic rings. The third-order valence-corrected chi connectivity index (χ3v) is 3.95. The molecule has 0 aromatic heterocycles. The van der Waals surface area contributed by atoms with Crippen LogP contribution in [0.3, 0.4) is 0 Å². The van der Waals surface area contributed by atoms with Crippen molar-refractivity contribution in [2.45, 2.75) is 19.3 Å². The Balaban J connectivity index is 1.82. The fourth-order valence-electron chi connectivity index (χ4n) is 2.81. The number of amides is 1. The second kappa shape index (κ2) is 6.78. The van der Waals surface area contributed by atoms with E-state index < -0.39 is 12.8 Å². The Morgan fingerprint density at radius 2 is 1.88 bits per heavy atom. The summed E-state index contributed by atoms with van der Waals surface area (Å²) < 4.78 is 47.0. The van der Waals surface area contributed by atoms with E-state index in [9.17, 15) is 23.1 Å². The smallest absolute Gasteiger partial charge is 0.422 e. The van der Waals surface area contributed by atoms with Crippen LogP contribution in [0.1, 0.15) is 21.5 Å². The second-order valence-corrected chi connectivity index (χ2v) is 5.89. The van der Waals surface area contributed by atoms with Gasteiger partial charge >= 0.3 is 6.18 Å². The molecule has 0 aliphatic carbocycles. The summed E-state index contributed by atoms with van der Waals surface area (Å²) >= 11 is 0. The van der Waals surface area contributed by atoms with Gasteiger partial charge in [0.05, 0.1) is 12.7 Å². The highest BCUT2D eigenvalue weighted by Crippen LogP contribution is 2.36. The fraction of sp³-hybridized carbons (Fsp3) is 0.278. The molecule has 0 saturated carbocycles. The van der Waals surface area contributed by atoms with Crippen molar-refractivity contribution >= 4 is 5.91 Å². The number of rotatable bonds is 5. The summed E-state index contributed by atoms with van der Waals surface area (Å²) in [6, 6.07) is 9.14. The summed E-state index contributed by atoms with van der Waals surface area (Å²) in [7, 11) is 1.35. The molecule has 0 spiro atoms. The molecule has 0 radical (unpaired) electrons. The second-order valence-electron chi connectivity index (χ2n) is 5.89. The van der Waals surface area contributed by atoms with Crippen LogP contribution < -0.4 is 9.47 Å². The topological polar surface area (TPSA) is 59.0 Å². The first-order valence-electron chi connectivity index (χ1n) is 7.74. The van der Waals surface area contributed by atoms with Gasteiger partial charge in [-0.05, 0) is 29.3 Å². The number of carbonyl (C=O) groups excluding carboxylic acids is 1.